The first-order valence-electron chi connectivity index (χ1n) is 5.62. The number of nitrogens with zero attached hydrogens (tertiary/aromatic N) is 1. The van der Waals surface area contributed by atoms with Crippen LogP contribution in [0.15, 0.2) is 0 Å². The van der Waals surface area contributed by atoms with Crippen molar-refractivity contribution in [3.8, 4) is 0 Å². The normalized spacial score (nSPS) is 14.6. The van der Waals surface area contributed by atoms with E-state index in [1.54, 1.807) is 4.90 Å². The molecule has 0 spiro atoms. The van der Waals surface area contributed by atoms with E-state index in [1.165, 1.54) is 0 Å². The molecule has 3 heteroatoms. The Morgan fingerprint density at radius 1 is 1.21 bits per heavy atom. The Kier molecular flexibility index (Phi) is 6.34. The van der Waals surface area contributed by atoms with Gasteiger partial charge in [-0.3, -0.25) is 0 Å². The maximum atomic E-state index is 11.7. The summed E-state index contributed by atoms with van der Waals surface area (Å²) in [6.45, 7) is 11.9. The number of amides is 2. The zero-order valence-corrected chi connectivity index (χ0v) is 10.1. The summed E-state index contributed by atoms with van der Waals surface area (Å²) >= 11 is 0. The van der Waals surface area contributed by atoms with Gasteiger partial charge in [-0.1, -0.05) is 20.3 Å². The van der Waals surface area contributed by atoms with E-state index in [4.69, 9.17) is 0 Å². The minimum Gasteiger partial charge on any atom is -0.335 e. The Morgan fingerprint density at radius 2 is 1.71 bits per heavy atom. The molecule has 0 rings (SSSR count). The second-order valence-electron chi connectivity index (χ2n) is 3.80. The molecule has 0 bridgehead atoms. The van der Waals surface area contributed by atoms with Gasteiger partial charge in [-0.05, 0) is 26.7 Å². The molecule has 2 atom stereocenters. The zero-order chi connectivity index (χ0) is 11.1. The SMILES string of the molecule is CCC(C)C(C)NC(=O)N(CC)CC. The quantitative estimate of drug-likeness (QED) is 0.726. The Labute approximate surface area is 87.9 Å². The van der Waals surface area contributed by atoms with Gasteiger partial charge in [0.15, 0.2) is 0 Å². The van der Waals surface area contributed by atoms with Crippen molar-refractivity contribution in [1.82, 2.24) is 10.2 Å². The van der Waals surface area contributed by atoms with Crippen LogP contribution >= 0.6 is 0 Å². The van der Waals surface area contributed by atoms with Crippen LogP contribution in [0.2, 0.25) is 0 Å². The van der Waals surface area contributed by atoms with Gasteiger partial charge in [0.1, 0.15) is 0 Å². The van der Waals surface area contributed by atoms with Crippen LogP contribution in [0.25, 0.3) is 0 Å². The molecule has 0 aromatic rings. The van der Waals surface area contributed by atoms with Gasteiger partial charge >= 0.3 is 6.03 Å². The maximum absolute atomic E-state index is 11.7. The standard InChI is InChI=1S/C11H24N2O/c1-6-9(4)10(5)12-11(14)13(7-2)8-3/h9-10H,6-8H2,1-5H3,(H,12,14). The van der Waals surface area contributed by atoms with Crippen LogP contribution in [0.5, 0.6) is 0 Å². The van der Waals surface area contributed by atoms with Gasteiger partial charge in [-0.25, -0.2) is 4.79 Å². The van der Waals surface area contributed by atoms with E-state index in [0.717, 1.165) is 19.5 Å². The minimum absolute atomic E-state index is 0.0581. The summed E-state index contributed by atoms with van der Waals surface area (Å²) in [7, 11) is 0. The summed E-state index contributed by atoms with van der Waals surface area (Å²) in [5, 5.41) is 3.02. The lowest BCUT2D eigenvalue weighted by atomic mass is 10.0. The Bertz CT molecular complexity index is 167. The third-order valence-corrected chi connectivity index (χ3v) is 2.90. The van der Waals surface area contributed by atoms with Crippen LogP contribution in [-0.4, -0.2) is 30.1 Å². The minimum atomic E-state index is 0.0581. The molecule has 1 N–H and O–H groups in total. The molecule has 0 aromatic heterocycles. The number of rotatable bonds is 5. The molecule has 0 aliphatic carbocycles. The molecule has 84 valence electrons. The lowest BCUT2D eigenvalue weighted by molar-refractivity contribution is 0.195. The first-order chi connectivity index (χ1) is 6.56. The highest BCUT2D eigenvalue weighted by atomic mass is 16.2. The van der Waals surface area contributed by atoms with Crippen molar-refractivity contribution in [2.75, 3.05) is 13.1 Å². The predicted octanol–water partition coefficient (Wildman–Crippen LogP) is 2.47. The lowest BCUT2D eigenvalue weighted by Crippen LogP contribution is -2.45. The lowest BCUT2D eigenvalue weighted by Gasteiger charge is -2.25. The second kappa shape index (κ2) is 6.68. The molecule has 0 aliphatic heterocycles. The van der Waals surface area contributed by atoms with E-state index in [1.807, 2.05) is 13.8 Å². The summed E-state index contributed by atoms with van der Waals surface area (Å²) in [6.07, 6.45) is 1.10. The van der Waals surface area contributed by atoms with Crippen molar-refractivity contribution in [2.45, 2.75) is 47.1 Å². The van der Waals surface area contributed by atoms with E-state index in [-0.39, 0.29) is 12.1 Å². The summed E-state index contributed by atoms with van der Waals surface area (Å²) in [4.78, 5) is 13.5. The van der Waals surface area contributed by atoms with E-state index >= 15 is 0 Å². The molecule has 0 aromatic carbocycles. The van der Waals surface area contributed by atoms with Crippen LogP contribution < -0.4 is 5.32 Å². The van der Waals surface area contributed by atoms with E-state index in [2.05, 4.69) is 26.1 Å². The molecule has 0 heterocycles. The highest BCUT2D eigenvalue weighted by Crippen LogP contribution is 2.06. The fourth-order valence-electron chi connectivity index (χ4n) is 1.29. The number of nitrogens with one attached hydrogen (secondary N) is 1. The molecule has 2 unspecified atom stereocenters. The average Bonchev–Trinajstić information content (AvgIpc) is 2.18. The monoisotopic (exact) mass is 200 g/mol. The number of urea groups is 1. The molecular formula is C11H24N2O. The van der Waals surface area contributed by atoms with Crippen molar-refractivity contribution in [2.24, 2.45) is 5.92 Å². The second-order valence-corrected chi connectivity index (χ2v) is 3.80. The van der Waals surface area contributed by atoms with Crippen molar-refractivity contribution in [3.63, 3.8) is 0 Å². The van der Waals surface area contributed by atoms with Crippen LogP contribution in [0.4, 0.5) is 4.79 Å². The van der Waals surface area contributed by atoms with Gasteiger partial charge < -0.3 is 10.2 Å². The van der Waals surface area contributed by atoms with Gasteiger partial charge in [0.2, 0.25) is 0 Å². The number of carbonyl (C=O) groups excluding carboxylic acids is 1. The van der Waals surface area contributed by atoms with E-state index in [9.17, 15) is 4.79 Å². The van der Waals surface area contributed by atoms with E-state index < -0.39 is 0 Å². The van der Waals surface area contributed by atoms with Crippen LogP contribution in [0.1, 0.15) is 41.0 Å². The highest BCUT2D eigenvalue weighted by Gasteiger charge is 2.15. The summed E-state index contributed by atoms with van der Waals surface area (Å²) < 4.78 is 0. The molecule has 0 saturated carbocycles. The Hall–Kier alpha value is -0.730. The first kappa shape index (κ1) is 13.3. The summed E-state index contributed by atoms with van der Waals surface area (Å²) in [5.74, 6) is 0.537. The first-order valence-corrected chi connectivity index (χ1v) is 5.62. The molecule has 14 heavy (non-hydrogen) atoms. The third-order valence-electron chi connectivity index (χ3n) is 2.90. The van der Waals surface area contributed by atoms with Gasteiger partial charge in [0.25, 0.3) is 0 Å². The third kappa shape index (κ3) is 3.99. The van der Waals surface area contributed by atoms with Crippen molar-refractivity contribution >= 4 is 6.03 Å². The zero-order valence-electron chi connectivity index (χ0n) is 10.1. The molecule has 0 radical (unpaired) electrons. The average molecular weight is 200 g/mol. The number of hydrogen-bond acceptors (Lipinski definition) is 1. The number of hydrogen-bond donors (Lipinski definition) is 1. The largest absolute Gasteiger partial charge is 0.335 e. The van der Waals surface area contributed by atoms with Crippen molar-refractivity contribution < 1.29 is 4.79 Å². The van der Waals surface area contributed by atoms with Gasteiger partial charge in [0, 0.05) is 19.1 Å². The fourth-order valence-corrected chi connectivity index (χ4v) is 1.29. The predicted molar refractivity (Wildman–Crippen MR) is 60.4 cm³/mol. The Morgan fingerprint density at radius 3 is 2.07 bits per heavy atom. The van der Waals surface area contributed by atoms with Crippen molar-refractivity contribution in [1.29, 1.82) is 0 Å². The molecule has 0 fully saturated rings. The highest BCUT2D eigenvalue weighted by molar-refractivity contribution is 5.74. The molecular weight excluding hydrogens is 176 g/mol. The molecule has 3 nitrogen and oxygen atoms in total. The molecule has 0 aliphatic rings. The summed E-state index contributed by atoms with van der Waals surface area (Å²) in [5.41, 5.74) is 0. The van der Waals surface area contributed by atoms with Crippen LogP contribution in [-0.2, 0) is 0 Å². The van der Waals surface area contributed by atoms with Crippen molar-refractivity contribution in [3.05, 3.63) is 0 Å². The van der Waals surface area contributed by atoms with Crippen LogP contribution in [0.3, 0.4) is 0 Å². The maximum Gasteiger partial charge on any atom is 0.317 e. The van der Waals surface area contributed by atoms with Gasteiger partial charge in [-0.2, -0.15) is 0 Å². The molecule has 2 amide bonds. The van der Waals surface area contributed by atoms with Gasteiger partial charge in [-0.15, -0.1) is 0 Å². The van der Waals surface area contributed by atoms with E-state index in [0.29, 0.717) is 5.92 Å². The topological polar surface area (TPSA) is 32.3 Å². The summed E-state index contributed by atoms with van der Waals surface area (Å²) in [6, 6.07) is 0.316. The van der Waals surface area contributed by atoms with Crippen LogP contribution in [0, 0.1) is 5.92 Å². The number of carbonyl (C=O) groups is 1. The molecule has 0 saturated heterocycles. The smallest absolute Gasteiger partial charge is 0.317 e. The fraction of sp³-hybridized carbons (Fsp3) is 0.909. The Balaban J connectivity index is 4.03. The van der Waals surface area contributed by atoms with Gasteiger partial charge in [0.05, 0.1) is 0 Å².